The molecule has 31 heavy (non-hydrogen) atoms. The van der Waals surface area contributed by atoms with Crippen molar-refractivity contribution in [3.63, 3.8) is 0 Å². The van der Waals surface area contributed by atoms with Gasteiger partial charge >= 0.3 is 0 Å². The summed E-state index contributed by atoms with van der Waals surface area (Å²) in [5.74, 6) is 0. The van der Waals surface area contributed by atoms with E-state index in [2.05, 4.69) is 104 Å². The van der Waals surface area contributed by atoms with Gasteiger partial charge in [0.2, 0.25) is 0 Å². The molecule has 1 aliphatic heterocycles. The molecule has 1 aliphatic rings. The average Bonchev–Trinajstić information content (AvgIpc) is 3.18. The molecule has 5 aromatic carbocycles. The largest absolute Gasteiger partial charge is 0.375 e. The Morgan fingerprint density at radius 1 is 0.645 bits per heavy atom. The molecule has 1 aromatic heterocycles. The number of hydrogen-bond acceptors (Lipinski definition) is 2. The first-order valence-corrected chi connectivity index (χ1v) is 11.6. The van der Waals surface area contributed by atoms with Crippen LogP contribution < -0.4 is 5.32 Å². The predicted octanol–water partition coefficient (Wildman–Crippen LogP) is 8.69. The highest BCUT2D eigenvalue weighted by atomic mass is 32.1. The second kappa shape index (κ2) is 5.87. The Balaban J connectivity index is 1.81. The lowest BCUT2D eigenvalue weighted by atomic mass is 9.78. The van der Waals surface area contributed by atoms with Crippen LogP contribution in [0.5, 0.6) is 0 Å². The number of fused-ring (bicyclic) bond motifs is 12. The van der Waals surface area contributed by atoms with Crippen molar-refractivity contribution in [3.05, 3.63) is 90.5 Å². The van der Waals surface area contributed by atoms with Gasteiger partial charge in [-0.05, 0) is 47.2 Å². The van der Waals surface area contributed by atoms with Gasteiger partial charge < -0.3 is 5.32 Å². The van der Waals surface area contributed by atoms with Gasteiger partial charge in [-0.15, -0.1) is 11.3 Å². The summed E-state index contributed by atoms with van der Waals surface area (Å²) >= 11 is 1.91. The van der Waals surface area contributed by atoms with Gasteiger partial charge in [-0.2, -0.15) is 0 Å². The highest BCUT2D eigenvalue weighted by Crippen LogP contribution is 2.55. The van der Waals surface area contributed by atoms with E-state index in [4.69, 9.17) is 0 Å². The summed E-state index contributed by atoms with van der Waals surface area (Å²) in [6.07, 6.45) is 0. The van der Waals surface area contributed by atoms with E-state index in [0.717, 1.165) is 0 Å². The standard InChI is InChI=1S/C29H21NS/c1-29(2)22-16-15-17-9-3-4-10-18(17)24(22)25-19-11-5-6-12-20(19)28-26(27(25)30-29)21-13-7-8-14-23(21)31-28/h3-16,30H,1-2H3. The summed E-state index contributed by atoms with van der Waals surface area (Å²) in [5.41, 5.74) is 5.20. The van der Waals surface area contributed by atoms with Crippen LogP contribution in [0.15, 0.2) is 84.9 Å². The maximum atomic E-state index is 3.98. The molecule has 6 aromatic rings. The fraction of sp³-hybridized carbons (Fsp3) is 0.103. The van der Waals surface area contributed by atoms with E-state index in [9.17, 15) is 0 Å². The molecule has 148 valence electrons. The Morgan fingerprint density at radius 2 is 1.32 bits per heavy atom. The molecule has 0 saturated carbocycles. The van der Waals surface area contributed by atoms with Crippen LogP contribution >= 0.6 is 11.3 Å². The van der Waals surface area contributed by atoms with Crippen LogP contribution in [0.4, 0.5) is 5.69 Å². The third kappa shape index (κ3) is 2.21. The first-order chi connectivity index (χ1) is 15.1. The Hall–Kier alpha value is -3.36. The third-order valence-corrected chi connectivity index (χ3v) is 8.03. The molecule has 7 rings (SSSR count). The minimum Gasteiger partial charge on any atom is -0.375 e. The molecule has 0 spiro atoms. The first kappa shape index (κ1) is 17.3. The molecule has 0 unspecified atom stereocenters. The lowest BCUT2D eigenvalue weighted by Gasteiger charge is -2.38. The van der Waals surface area contributed by atoms with Crippen LogP contribution in [-0.4, -0.2) is 0 Å². The zero-order valence-electron chi connectivity index (χ0n) is 17.5. The van der Waals surface area contributed by atoms with Gasteiger partial charge in [0.25, 0.3) is 0 Å². The van der Waals surface area contributed by atoms with Gasteiger partial charge in [0.1, 0.15) is 0 Å². The molecule has 0 bridgehead atoms. The van der Waals surface area contributed by atoms with Crippen molar-refractivity contribution in [1.82, 2.24) is 0 Å². The van der Waals surface area contributed by atoms with Gasteiger partial charge in [-0.3, -0.25) is 0 Å². The lowest BCUT2D eigenvalue weighted by molar-refractivity contribution is 0.608. The summed E-state index contributed by atoms with van der Waals surface area (Å²) in [6.45, 7) is 4.61. The van der Waals surface area contributed by atoms with Crippen LogP contribution in [-0.2, 0) is 5.54 Å². The molecule has 1 N–H and O–H groups in total. The van der Waals surface area contributed by atoms with Crippen molar-refractivity contribution in [3.8, 4) is 11.1 Å². The number of nitrogens with one attached hydrogen (secondary N) is 1. The molecule has 0 fully saturated rings. The molecule has 0 amide bonds. The molecule has 0 radical (unpaired) electrons. The maximum absolute atomic E-state index is 3.98. The SMILES string of the molecule is CC1(C)Nc2c(c3ccccc3c3sc4ccccc4c23)-c2c1ccc1ccccc21. The normalized spacial score (nSPS) is 14.6. The summed E-state index contributed by atoms with van der Waals surface area (Å²) in [5, 5.41) is 12.0. The Labute approximate surface area is 184 Å². The van der Waals surface area contributed by atoms with Crippen molar-refractivity contribution in [1.29, 1.82) is 0 Å². The van der Waals surface area contributed by atoms with E-state index < -0.39 is 0 Å². The molecular weight excluding hydrogens is 394 g/mol. The van der Waals surface area contributed by atoms with E-state index in [1.54, 1.807) is 0 Å². The van der Waals surface area contributed by atoms with E-state index in [1.165, 1.54) is 64.1 Å². The zero-order valence-corrected chi connectivity index (χ0v) is 18.3. The van der Waals surface area contributed by atoms with Crippen LogP contribution in [0, 0.1) is 0 Å². The summed E-state index contributed by atoms with van der Waals surface area (Å²) in [6, 6.07) is 31.1. The molecular formula is C29H21NS. The van der Waals surface area contributed by atoms with Crippen molar-refractivity contribution < 1.29 is 0 Å². The number of benzene rings is 5. The maximum Gasteiger partial charge on any atom is 0.0575 e. The van der Waals surface area contributed by atoms with Gasteiger partial charge in [-0.1, -0.05) is 78.9 Å². The molecule has 0 atom stereocenters. The Bertz CT molecular complexity index is 1690. The summed E-state index contributed by atoms with van der Waals surface area (Å²) in [7, 11) is 0. The van der Waals surface area contributed by atoms with Crippen molar-refractivity contribution in [2.24, 2.45) is 0 Å². The molecule has 0 aliphatic carbocycles. The van der Waals surface area contributed by atoms with Gasteiger partial charge in [0.05, 0.1) is 11.2 Å². The van der Waals surface area contributed by atoms with E-state index in [1.807, 2.05) is 11.3 Å². The minimum absolute atomic E-state index is 0.162. The third-order valence-electron chi connectivity index (χ3n) is 6.83. The number of hydrogen-bond donors (Lipinski definition) is 1. The molecule has 0 saturated heterocycles. The molecule has 2 heterocycles. The van der Waals surface area contributed by atoms with E-state index in [0.29, 0.717) is 0 Å². The summed E-state index contributed by atoms with van der Waals surface area (Å²) < 4.78 is 2.72. The van der Waals surface area contributed by atoms with Crippen LogP contribution in [0.3, 0.4) is 0 Å². The molecule has 1 nitrogen and oxygen atoms in total. The number of thiophene rings is 1. The van der Waals surface area contributed by atoms with E-state index >= 15 is 0 Å². The number of rotatable bonds is 0. The smallest absolute Gasteiger partial charge is 0.0575 e. The molecule has 2 heteroatoms. The second-order valence-electron chi connectivity index (χ2n) is 9.06. The first-order valence-electron chi connectivity index (χ1n) is 10.8. The van der Waals surface area contributed by atoms with Crippen molar-refractivity contribution in [2.75, 3.05) is 5.32 Å². The van der Waals surface area contributed by atoms with E-state index in [-0.39, 0.29) is 5.54 Å². The van der Waals surface area contributed by atoms with Crippen molar-refractivity contribution in [2.45, 2.75) is 19.4 Å². The fourth-order valence-electron chi connectivity index (χ4n) is 5.47. The minimum atomic E-state index is -0.162. The summed E-state index contributed by atoms with van der Waals surface area (Å²) in [4.78, 5) is 0. The Kier molecular flexibility index (Phi) is 3.28. The average molecular weight is 416 g/mol. The monoisotopic (exact) mass is 415 g/mol. The highest BCUT2D eigenvalue weighted by molar-refractivity contribution is 7.26. The Morgan fingerprint density at radius 3 is 2.16 bits per heavy atom. The fourth-order valence-corrected chi connectivity index (χ4v) is 6.72. The van der Waals surface area contributed by atoms with Crippen molar-refractivity contribution >= 4 is 58.7 Å². The number of anilines is 1. The quantitative estimate of drug-likeness (QED) is 0.262. The van der Waals surface area contributed by atoms with Gasteiger partial charge in [-0.25, -0.2) is 0 Å². The second-order valence-corrected chi connectivity index (χ2v) is 10.1. The highest BCUT2D eigenvalue weighted by Gasteiger charge is 2.34. The van der Waals surface area contributed by atoms with Gasteiger partial charge in [0, 0.05) is 31.1 Å². The topological polar surface area (TPSA) is 12.0 Å². The van der Waals surface area contributed by atoms with Crippen LogP contribution in [0.25, 0.3) is 52.8 Å². The van der Waals surface area contributed by atoms with Gasteiger partial charge in [0.15, 0.2) is 0 Å². The predicted molar refractivity (Wildman–Crippen MR) is 136 cm³/mol. The lowest BCUT2D eigenvalue weighted by Crippen LogP contribution is -2.32. The van der Waals surface area contributed by atoms with Crippen LogP contribution in [0.1, 0.15) is 19.4 Å². The van der Waals surface area contributed by atoms with Crippen LogP contribution in [0.2, 0.25) is 0 Å². The zero-order chi connectivity index (χ0) is 20.7.